The van der Waals surface area contributed by atoms with Crippen LogP contribution in [-0.4, -0.2) is 43.1 Å². The molecule has 31 heavy (non-hydrogen) atoms. The van der Waals surface area contributed by atoms with Gasteiger partial charge in [0.25, 0.3) is 0 Å². The van der Waals surface area contributed by atoms with Gasteiger partial charge in [0.05, 0.1) is 14.2 Å². The van der Waals surface area contributed by atoms with Gasteiger partial charge in [0, 0.05) is 48.1 Å². The highest BCUT2D eigenvalue weighted by Gasteiger charge is 2.28. The third-order valence-corrected chi connectivity index (χ3v) is 6.49. The van der Waals surface area contributed by atoms with Crippen molar-refractivity contribution in [1.29, 1.82) is 0 Å². The molecule has 0 aliphatic carbocycles. The number of hydrogen-bond donors (Lipinski definition) is 1. The van der Waals surface area contributed by atoms with Gasteiger partial charge in [-0.3, -0.25) is 4.79 Å². The number of methoxy groups -OCH3 is 2. The molecule has 1 saturated heterocycles. The number of benzene rings is 2. The molecule has 2 heterocycles. The van der Waals surface area contributed by atoms with Crippen molar-refractivity contribution in [3.8, 4) is 11.5 Å². The number of aromatic nitrogens is 1. The van der Waals surface area contributed by atoms with Crippen LogP contribution in [0.15, 0.2) is 42.6 Å². The molecule has 164 valence electrons. The van der Waals surface area contributed by atoms with Gasteiger partial charge in [0.2, 0.25) is 5.91 Å². The van der Waals surface area contributed by atoms with Crippen molar-refractivity contribution in [1.82, 2.24) is 9.88 Å². The van der Waals surface area contributed by atoms with Gasteiger partial charge >= 0.3 is 0 Å². The topological polar surface area (TPSA) is 54.6 Å². The molecule has 1 aromatic heterocycles. The molecule has 3 aromatic rings. The van der Waals surface area contributed by atoms with Gasteiger partial charge in [-0.1, -0.05) is 37.3 Å². The van der Waals surface area contributed by atoms with E-state index in [0.717, 1.165) is 49.0 Å². The molecule has 1 amide bonds. The molecule has 1 unspecified atom stereocenters. The fourth-order valence-corrected chi connectivity index (χ4v) is 4.84. The number of aromatic amines is 1. The molecule has 0 spiro atoms. The van der Waals surface area contributed by atoms with Gasteiger partial charge in [0.15, 0.2) is 11.5 Å². The van der Waals surface area contributed by atoms with Gasteiger partial charge in [-0.05, 0) is 42.9 Å². The summed E-state index contributed by atoms with van der Waals surface area (Å²) >= 11 is 0. The highest BCUT2D eigenvalue weighted by molar-refractivity contribution is 5.88. The van der Waals surface area contributed by atoms with Gasteiger partial charge < -0.3 is 19.4 Å². The van der Waals surface area contributed by atoms with Crippen molar-refractivity contribution >= 4 is 16.8 Å². The molecule has 5 nitrogen and oxygen atoms in total. The van der Waals surface area contributed by atoms with Crippen molar-refractivity contribution in [2.45, 2.75) is 44.9 Å². The highest BCUT2D eigenvalue weighted by Crippen LogP contribution is 2.42. The van der Waals surface area contributed by atoms with E-state index in [2.05, 4.69) is 42.4 Å². The van der Waals surface area contributed by atoms with Gasteiger partial charge in [-0.15, -0.1) is 0 Å². The number of para-hydroxylation sites is 2. The number of rotatable bonds is 7. The van der Waals surface area contributed by atoms with Crippen LogP contribution in [-0.2, 0) is 11.2 Å². The van der Waals surface area contributed by atoms with Gasteiger partial charge in [-0.25, -0.2) is 0 Å². The second-order valence-electron chi connectivity index (χ2n) is 8.22. The van der Waals surface area contributed by atoms with Crippen LogP contribution in [0.25, 0.3) is 10.9 Å². The Hall–Kier alpha value is -2.95. The maximum Gasteiger partial charge on any atom is 0.223 e. The van der Waals surface area contributed by atoms with E-state index >= 15 is 0 Å². The Kier molecular flexibility index (Phi) is 6.50. The molecule has 5 heteroatoms. The molecule has 1 N–H and O–H groups in total. The predicted molar refractivity (Wildman–Crippen MR) is 124 cm³/mol. The Balaban J connectivity index is 1.81. The van der Waals surface area contributed by atoms with Crippen LogP contribution in [0.3, 0.4) is 0 Å². The zero-order valence-corrected chi connectivity index (χ0v) is 18.7. The maximum absolute atomic E-state index is 13.3. The number of hydrogen-bond acceptors (Lipinski definition) is 3. The van der Waals surface area contributed by atoms with E-state index in [1.807, 2.05) is 17.0 Å². The second-order valence-corrected chi connectivity index (χ2v) is 8.22. The Morgan fingerprint density at radius 3 is 2.52 bits per heavy atom. The van der Waals surface area contributed by atoms with Crippen molar-refractivity contribution in [2.75, 3.05) is 27.3 Å². The number of H-pyrrole nitrogens is 1. The SMILES string of the molecule is CCc1cccc2c(C(CC(=O)N3CCCCC3)c3cccc(OC)c3OC)c[nH]c12. The summed E-state index contributed by atoms with van der Waals surface area (Å²) in [6.45, 7) is 3.88. The normalized spacial score (nSPS) is 15.1. The average molecular weight is 421 g/mol. The second kappa shape index (κ2) is 9.46. The summed E-state index contributed by atoms with van der Waals surface area (Å²) in [6.07, 6.45) is 6.82. The molecule has 4 rings (SSSR count). The van der Waals surface area contributed by atoms with E-state index in [1.54, 1.807) is 14.2 Å². The summed E-state index contributed by atoms with van der Waals surface area (Å²) in [6, 6.07) is 12.3. The first kappa shape index (κ1) is 21.3. The fraction of sp³-hybridized carbons (Fsp3) is 0.423. The number of nitrogens with one attached hydrogen (secondary N) is 1. The lowest BCUT2D eigenvalue weighted by atomic mass is 9.86. The van der Waals surface area contributed by atoms with Crippen molar-refractivity contribution in [2.24, 2.45) is 0 Å². The molecule has 0 radical (unpaired) electrons. The fourth-order valence-electron chi connectivity index (χ4n) is 4.84. The number of piperidine rings is 1. The van der Waals surface area contributed by atoms with Crippen LogP contribution in [0.1, 0.15) is 55.2 Å². The van der Waals surface area contributed by atoms with E-state index in [4.69, 9.17) is 9.47 Å². The highest BCUT2D eigenvalue weighted by atomic mass is 16.5. The van der Waals surface area contributed by atoms with E-state index in [9.17, 15) is 4.79 Å². The van der Waals surface area contributed by atoms with Crippen molar-refractivity contribution in [3.05, 3.63) is 59.3 Å². The zero-order chi connectivity index (χ0) is 21.8. The largest absolute Gasteiger partial charge is 0.493 e. The number of carbonyl (C=O) groups excluding carboxylic acids is 1. The first-order chi connectivity index (χ1) is 15.2. The molecule has 1 atom stereocenters. The van der Waals surface area contributed by atoms with E-state index < -0.39 is 0 Å². The molecule has 1 aliphatic rings. The minimum Gasteiger partial charge on any atom is -0.493 e. The molecular formula is C26H32N2O3. The Morgan fingerprint density at radius 1 is 1.03 bits per heavy atom. The third-order valence-electron chi connectivity index (χ3n) is 6.49. The molecule has 1 aliphatic heterocycles. The van der Waals surface area contributed by atoms with Crippen LogP contribution >= 0.6 is 0 Å². The smallest absolute Gasteiger partial charge is 0.223 e. The van der Waals surface area contributed by atoms with Crippen molar-refractivity contribution < 1.29 is 14.3 Å². The number of nitrogens with zero attached hydrogens (tertiary/aromatic N) is 1. The van der Waals surface area contributed by atoms with Crippen molar-refractivity contribution in [3.63, 3.8) is 0 Å². The molecule has 1 fully saturated rings. The van der Waals surface area contributed by atoms with Crippen LogP contribution in [0, 0.1) is 0 Å². The number of likely N-dealkylation sites (tertiary alicyclic amines) is 1. The van der Waals surface area contributed by atoms with E-state index in [0.29, 0.717) is 17.9 Å². The lowest BCUT2D eigenvalue weighted by molar-refractivity contribution is -0.132. The zero-order valence-electron chi connectivity index (χ0n) is 18.7. The maximum atomic E-state index is 13.3. The quantitative estimate of drug-likeness (QED) is 0.566. The summed E-state index contributed by atoms with van der Waals surface area (Å²) in [7, 11) is 3.31. The lowest BCUT2D eigenvalue weighted by Gasteiger charge is -2.29. The lowest BCUT2D eigenvalue weighted by Crippen LogP contribution is -2.36. The number of amides is 1. The van der Waals surface area contributed by atoms with Gasteiger partial charge in [-0.2, -0.15) is 0 Å². The summed E-state index contributed by atoms with van der Waals surface area (Å²) in [5.74, 6) is 1.46. The van der Waals surface area contributed by atoms with Crippen LogP contribution in [0.4, 0.5) is 0 Å². The van der Waals surface area contributed by atoms with Gasteiger partial charge in [0.1, 0.15) is 0 Å². The minimum atomic E-state index is -0.125. The summed E-state index contributed by atoms with van der Waals surface area (Å²) in [5, 5.41) is 1.17. The third kappa shape index (κ3) is 4.14. The Morgan fingerprint density at radius 2 is 1.81 bits per heavy atom. The number of ether oxygens (including phenoxy) is 2. The number of carbonyl (C=O) groups is 1. The number of fused-ring (bicyclic) bond motifs is 1. The summed E-state index contributed by atoms with van der Waals surface area (Å²) in [4.78, 5) is 18.8. The first-order valence-electron chi connectivity index (χ1n) is 11.3. The van der Waals surface area contributed by atoms with E-state index in [-0.39, 0.29) is 11.8 Å². The monoisotopic (exact) mass is 420 g/mol. The number of aryl methyl sites for hydroxylation is 1. The average Bonchev–Trinajstić information content (AvgIpc) is 3.26. The summed E-state index contributed by atoms with van der Waals surface area (Å²) in [5.41, 5.74) is 4.54. The van der Waals surface area contributed by atoms with E-state index in [1.165, 1.54) is 17.4 Å². The Bertz CT molecular complexity index is 1050. The molecular weight excluding hydrogens is 388 g/mol. The predicted octanol–water partition coefficient (Wildman–Crippen LogP) is 5.28. The molecule has 2 aromatic carbocycles. The first-order valence-corrected chi connectivity index (χ1v) is 11.3. The summed E-state index contributed by atoms with van der Waals surface area (Å²) < 4.78 is 11.3. The van der Waals surface area contributed by atoms with Crippen LogP contribution in [0.2, 0.25) is 0 Å². The Labute approximate surface area is 184 Å². The molecule has 0 bridgehead atoms. The molecule has 0 saturated carbocycles. The van der Waals surface area contributed by atoms with Crippen LogP contribution in [0.5, 0.6) is 11.5 Å². The minimum absolute atomic E-state index is 0.125. The van der Waals surface area contributed by atoms with Crippen LogP contribution < -0.4 is 9.47 Å². The standard InChI is InChI=1S/C26H32N2O3/c1-4-18-10-8-11-19-22(17-27-25(18)19)21(16-24(29)28-14-6-5-7-15-28)20-12-9-13-23(30-2)26(20)31-3/h8-13,17,21,27H,4-7,14-16H2,1-3H3.